The number of nitrogens with two attached hydrogens (primary N) is 1. The van der Waals surface area contributed by atoms with Crippen LogP contribution in [0.1, 0.15) is 33.7 Å². The number of primary amides is 1. The number of hydrogen-bond acceptors (Lipinski definition) is 6. The van der Waals surface area contributed by atoms with Gasteiger partial charge < -0.3 is 15.6 Å². The van der Waals surface area contributed by atoms with Crippen LogP contribution in [-0.4, -0.2) is 39.9 Å². The predicted molar refractivity (Wildman–Crippen MR) is 129 cm³/mol. The van der Waals surface area contributed by atoms with Crippen molar-refractivity contribution in [3.63, 3.8) is 0 Å². The molecule has 177 valence electrons. The molecule has 3 aromatic carbocycles. The van der Waals surface area contributed by atoms with Gasteiger partial charge in [-0.2, -0.15) is 4.98 Å². The third kappa shape index (κ3) is 5.52. The van der Waals surface area contributed by atoms with Crippen molar-refractivity contribution < 1.29 is 18.9 Å². The Balaban J connectivity index is 1.60. The fourth-order valence-corrected chi connectivity index (χ4v) is 3.79. The smallest absolute Gasteiger partial charge is 0.322 e. The first-order valence-electron chi connectivity index (χ1n) is 11.0. The first kappa shape index (κ1) is 23.6. The van der Waals surface area contributed by atoms with E-state index in [1.54, 1.807) is 0 Å². The minimum Gasteiger partial charge on any atom is -0.352 e. The van der Waals surface area contributed by atoms with E-state index in [1.807, 2.05) is 72.8 Å². The van der Waals surface area contributed by atoms with Crippen LogP contribution in [0.4, 0.5) is 4.79 Å². The van der Waals surface area contributed by atoms with Gasteiger partial charge in [0.1, 0.15) is 6.04 Å². The van der Waals surface area contributed by atoms with Crippen molar-refractivity contribution in [2.45, 2.75) is 18.9 Å². The summed E-state index contributed by atoms with van der Waals surface area (Å²) in [5.41, 5.74) is 7.36. The van der Waals surface area contributed by atoms with Crippen molar-refractivity contribution in [3.05, 3.63) is 102 Å². The summed E-state index contributed by atoms with van der Waals surface area (Å²) in [4.78, 5) is 42.6. The van der Waals surface area contributed by atoms with Crippen molar-refractivity contribution in [2.75, 3.05) is 7.05 Å². The molecular weight excluding hydrogens is 446 g/mol. The third-order valence-electron chi connectivity index (χ3n) is 5.54. The summed E-state index contributed by atoms with van der Waals surface area (Å²) >= 11 is 0. The van der Waals surface area contributed by atoms with Gasteiger partial charge in [-0.05, 0) is 28.3 Å². The topological polar surface area (TPSA) is 131 Å². The molecule has 9 nitrogen and oxygen atoms in total. The van der Waals surface area contributed by atoms with E-state index >= 15 is 0 Å². The molecule has 0 aliphatic rings. The van der Waals surface area contributed by atoms with Gasteiger partial charge >= 0.3 is 6.03 Å². The third-order valence-corrected chi connectivity index (χ3v) is 5.54. The van der Waals surface area contributed by atoms with Gasteiger partial charge in [0.25, 0.3) is 17.6 Å². The lowest BCUT2D eigenvalue weighted by molar-refractivity contribution is -0.127. The monoisotopic (exact) mass is 470 g/mol. The van der Waals surface area contributed by atoms with Crippen molar-refractivity contribution in [1.82, 2.24) is 20.4 Å². The zero-order chi connectivity index (χ0) is 24.8. The summed E-state index contributed by atoms with van der Waals surface area (Å²) < 4.78 is 5.28. The van der Waals surface area contributed by atoms with Crippen molar-refractivity contribution in [1.29, 1.82) is 0 Å². The maximum absolute atomic E-state index is 13.2. The Bertz CT molecular complexity index is 1350. The fourth-order valence-electron chi connectivity index (χ4n) is 3.79. The highest BCUT2D eigenvalue weighted by molar-refractivity contribution is 5.99. The van der Waals surface area contributed by atoms with E-state index in [0.29, 0.717) is 6.42 Å². The molecule has 0 saturated carbocycles. The van der Waals surface area contributed by atoms with Crippen LogP contribution in [0.25, 0.3) is 10.8 Å². The van der Waals surface area contributed by atoms with Crippen LogP contribution in [0.3, 0.4) is 0 Å². The van der Waals surface area contributed by atoms with E-state index < -0.39 is 23.9 Å². The second-order valence-electron chi connectivity index (χ2n) is 7.88. The summed E-state index contributed by atoms with van der Waals surface area (Å²) in [5.74, 6) is -1.44. The van der Waals surface area contributed by atoms with Crippen LogP contribution < -0.4 is 11.1 Å². The molecule has 9 heteroatoms. The van der Waals surface area contributed by atoms with Crippen LogP contribution >= 0.6 is 0 Å². The molecule has 1 radical (unpaired) electrons. The Morgan fingerprint density at radius 2 is 1.71 bits per heavy atom. The Kier molecular flexibility index (Phi) is 7.15. The molecule has 4 rings (SSSR count). The molecule has 4 aromatic rings. The lowest BCUT2D eigenvalue weighted by Gasteiger charge is -2.26. The predicted octanol–water partition coefficient (Wildman–Crippen LogP) is 3.22. The van der Waals surface area contributed by atoms with Crippen molar-refractivity contribution in [3.8, 4) is 0 Å². The molecule has 0 fully saturated rings. The van der Waals surface area contributed by atoms with E-state index in [9.17, 15) is 14.4 Å². The number of hydrogen-bond donors (Lipinski definition) is 2. The number of imide groups is 1. The normalized spacial score (nSPS) is 11.7. The van der Waals surface area contributed by atoms with Gasteiger partial charge in [0.05, 0.1) is 6.42 Å². The van der Waals surface area contributed by atoms with Gasteiger partial charge in [-0.1, -0.05) is 78.0 Å². The fraction of sp³-hybridized carbons (Fsp3) is 0.154. The van der Waals surface area contributed by atoms with Crippen LogP contribution in [0, 0.1) is 6.42 Å². The van der Waals surface area contributed by atoms with E-state index in [0.717, 1.165) is 26.8 Å². The molecule has 0 bridgehead atoms. The van der Waals surface area contributed by atoms with E-state index in [2.05, 4.69) is 15.5 Å². The molecular formula is C26H24N5O4. The summed E-state index contributed by atoms with van der Waals surface area (Å²) in [6.45, 7) is 0. The molecule has 3 N–H and O–H groups in total. The number of nitrogens with zero attached hydrogens (tertiary/aromatic N) is 3. The number of carbonyl (C=O) groups is 3. The SMILES string of the molecule is CNC(=O)c1noc(C(Cc2ccccc2)N(C(N)=O)C(=O)[CH]Cc2ccc3ccccc3c2)n1. The van der Waals surface area contributed by atoms with Crippen LogP contribution in [0.15, 0.2) is 77.3 Å². The van der Waals surface area contributed by atoms with E-state index in [1.165, 1.54) is 13.5 Å². The molecule has 1 heterocycles. The van der Waals surface area contributed by atoms with Gasteiger partial charge in [-0.3, -0.25) is 14.5 Å². The number of benzene rings is 3. The lowest BCUT2D eigenvalue weighted by atomic mass is 10.0. The first-order chi connectivity index (χ1) is 17.0. The molecule has 0 saturated heterocycles. The number of urea groups is 1. The maximum Gasteiger partial charge on any atom is 0.322 e. The van der Waals surface area contributed by atoms with Crippen LogP contribution in [-0.2, 0) is 17.6 Å². The number of rotatable bonds is 8. The zero-order valence-electron chi connectivity index (χ0n) is 19.0. The molecule has 1 unspecified atom stereocenters. The summed E-state index contributed by atoms with van der Waals surface area (Å²) in [6, 6.07) is 21.0. The number of nitrogens with one attached hydrogen (secondary N) is 1. The summed E-state index contributed by atoms with van der Waals surface area (Å²) in [6.07, 6.45) is 1.86. The second-order valence-corrected chi connectivity index (χ2v) is 7.88. The minimum absolute atomic E-state index is 0.0706. The quantitative estimate of drug-likeness (QED) is 0.406. The first-order valence-corrected chi connectivity index (χ1v) is 11.0. The van der Waals surface area contributed by atoms with Gasteiger partial charge in [-0.15, -0.1) is 0 Å². The largest absolute Gasteiger partial charge is 0.352 e. The Morgan fingerprint density at radius 1 is 1.00 bits per heavy atom. The molecule has 0 aliphatic heterocycles. The minimum atomic E-state index is -0.999. The van der Waals surface area contributed by atoms with Gasteiger partial charge in [-0.25, -0.2) is 4.79 Å². The van der Waals surface area contributed by atoms with Crippen molar-refractivity contribution >= 4 is 28.6 Å². The van der Waals surface area contributed by atoms with Gasteiger partial charge in [0, 0.05) is 13.5 Å². The Morgan fingerprint density at radius 3 is 2.43 bits per heavy atom. The van der Waals surface area contributed by atoms with Crippen molar-refractivity contribution in [2.24, 2.45) is 5.73 Å². The molecule has 35 heavy (non-hydrogen) atoms. The standard InChI is InChI=1S/C26H24N5O4/c1-28-24(33)23-29-25(35-30-23)21(16-17-7-3-2-4-8-17)31(26(27)34)22(32)14-12-18-11-13-19-9-5-6-10-20(19)15-18/h2-11,13-15,21H,12,16H2,1H3,(H2,27,34)(H,28,33). The highest BCUT2D eigenvalue weighted by Gasteiger charge is 2.34. The van der Waals surface area contributed by atoms with Gasteiger partial charge in [0.2, 0.25) is 5.91 Å². The van der Waals surface area contributed by atoms with Crippen LogP contribution in [0.2, 0.25) is 0 Å². The maximum atomic E-state index is 13.2. The average Bonchev–Trinajstić information content (AvgIpc) is 3.37. The van der Waals surface area contributed by atoms with E-state index in [4.69, 9.17) is 10.3 Å². The van der Waals surface area contributed by atoms with E-state index in [-0.39, 0.29) is 18.1 Å². The lowest BCUT2D eigenvalue weighted by Crippen LogP contribution is -2.44. The molecule has 1 atom stereocenters. The average molecular weight is 471 g/mol. The summed E-state index contributed by atoms with van der Waals surface area (Å²) in [5, 5.41) is 8.22. The number of fused-ring (bicyclic) bond motifs is 1. The highest BCUT2D eigenvalue weighted by atomic mass is 16.5. The Labute approximate surface area is 201 Å². The number of carbonyl (C=O) groups excluding carboxylic acids is 3. The molecule has 0 spiro atoms. The molecule has 0 aliphatic carbocycles. The molecule has 1 aromatic heterocycles. The summed E-state index contributed by atoms with van der Waals surface area (Å²) in [7, 11) is 1.43. The van der Waals surface area contributed by atoms with Crippen LogP contribution in [0.5, 0.6) is 0 Å². The zero-order valence-corrected chi connectivity index (χ0v) is 19.0. The molecule has 4 amide bonds. The Hall–Kier alpha value is -4.53. The number of aromatic nitrogens is 2. The van der Waals surface area contributed by atoms with Gasteiger partial charge in [0.15, 0.2) is 0 Å². The second kappa shape index (κ2) is 10.6. The highest BCUT2D eigenvalue weighted by Crippen LogP contribution is 2.26. The number of amides is 4.